The molecule has 20 heavy (non-hydrogen) atoms. The number of halogens is 1. The maximum Gasteiger partial charge on any atom is 0.286 e. The predicted molar refractivity (Wildman–Crippen MR) is 78.9 cm³/mol. The van der Waals surface area contributed by atoms with E-state index in [1.54, 1.807) is 36.9 Å². The van der Waals surface area contributed by atoms with Crippen molar-refractivity contribution in [3.63, 3.8) is 0 Å². The molecule has 0 aromatic carbocycles. The fourth-order valence-corrected chi connectivity index (χ4v) is 1.96. The molecular weight excluding hydrogens is 326 g/mol. The van der Waals surface area contributed by atoms with Crippen LogP contribution in [0.3, 0.4) is 0 Å². The Labute approximate surface area is 126 Å². The van der Waals surface area contributed by atoms with Gasteiger partial charge in [0.1, 0.15) is 11.8 Å². The zero-order chi connectivity index (χ0) is 15.1. The molecule has 6 nitrogen and oxygen atoms in total. The highest BCUT2D eigenvalue weighted by Crippen LogP contribution is 2.13. The third-order valence-corrected chi connectivity index (χ3v) is 3.00. The Balaban J connectivity index is 2.42. The Hall–Kier alpha value is -1.60. The minimum Gasteiger partial charge on any atom is -0.368 e. The second-order valence-electron chi connectivity index (χ2n) is 4.19. The minimum absolute atomic E-state index is 0.398. The van der Waals surface area contributed by atoms with Crippen LogP contribution in [0.25, 0.3) is 0 Å². The molecule has 0 spiro atoms. The van der Waals surface area contributed by atoms with E-state index in [2.05, 4.69) is 33.4 Å². The molecule has 1 aromatic rings. The lowest BCUT2D eigenvalue weighted by Gasteiger charge is -2.13. The lowest BCUT2D eigenvalue weighted by atomic mass is 10.4. The molecule has 0 saturated carbocycles. The van der Waals surface area contributed by atoms with Crippen molar-refractivity contribution in [1.82, 2.24) is 15.4 Å². The van der Waals surface area contributed by atoms with E-state index in [0.29, 0.717) is 18.7 Å². The summed E-state index contributed by atoms with van der Waals surface area (Å²) in [5, 5.41) is 0. The number of carbonyl (C=O) groups excluding carboxylic acids is 2. The molecule has 0 radical (unpaired) electrons. The van der Waals surface area contributed by atoms with Crippen LogP contribution < -0.4 is 10.9 Å². The van der Waals surface area contributed by atoms with Crippen LogP contribution in [0, 0.1) is 0 Å². The van der Waals surface area contributed by atoms with Gasteiger partial charge in [-0.05, 0) is 35.3 Å². The third-order valence-electron chi connectivity index (χ3n) is 2.56. The minimum atomic E-state index is -0.643. The molecule has 0 saturated heterocycles. The van der Waals surface area contributed by atoms with E-state index in [0.717, 1.165) is 4.47 Å². The molecule has 0 aliphatic rings. The summed E-state index contributed by atoms with van der Waals surface area (Å²) in [6.07, 6.45) is 3.48. The first-order valence-corrected chi connectivity index (χ1v) is 6.89. The molecule has 0 aliphatic heterocycles. The Morgan fingerprint density at radius 1 is 1.55 bits per heavy atom. The zero-order valence-electron chi connectivity index (χ0n) is 11.5. The molecule has 0 bridgehead atoms. The number of carbonyl (C=O) groups is 2. The van der Waals surface area contributed by atoms with E-state index in [1.807, 2.05) is 0 Å². The largest absolute Gasteiger partial charge is 0.368 e. The van der Waals surface area contributed by atoms with Gasteiger partial charge in [0, 0.05) is 17.7 Å². The number of aryl methyl sites for hydroxylation is 1. The molecule has 1 rings (SSSR count). The van der Waals surface area contributed by atoms with Crippen LogP contribution >= 0.6 is 15.9 Å². The molecular formula is C13H18BrN3O3. The quantitative estimate of drug-likeness (QED) is 0.467. The molecule has 2 amide bonds. The maximum atomic E-state index is 11.8. The normalized spacial score (nSPS) is 11.8. The highest BCUT2D eigenvalue weighted by molar-refractivity contribution is 9.10. The van der Waals surface area contributed by atoms with Gasteiger partial charge in [-0.25, -0.2) is 0 Å². The molecule has 1 aromatic heterocycles. The molecule has 0 fully saturated rings. The van der Waals surface area contributed by atoms with Crippen LogP contribution in [0.2, 0.25) is 0 Å². The average molecular weight is 344 g/mol. The summed E-state index contributed by atoms with van der Waals surface area (Å²) in [4.78, 5) is 23.5. The van der Waals surface area contributed by atoms with Gasteiger partial charge in [0.15, 0.2) is 0 Å². The van der Waals surface area contributed by atoms with Crippen molar-refractivity contribution in [2.24, 2.45) is 7.05 Å². The van der Waals surface area contributed by atoms with Crippen LogP contribution in [0.1, 0.15) is 23.8 Å². The van der Waals surface area contributed by atoms with Gasteiger partial charge in [-0.15, -0.1) is 6.58 Å². The lowest BCUT2D eigenvalue weighted by Crippen LogP contribution is -2.46. The zero-order valence-corrected chi connectivity index (χ0v) is 13.1. The molecule has 1 heterocycles. The standard InChI is InChI=1S/C13H18BrN3O3/c1-4-5-6-20-9(2)12(18)15-16-13(19)11-7-10(14)8-17(11)3/h4,7-9H,1,5-6H2,2-3H3,(H,15,18)(H,16,19). The van der Waals surface area contributed by atoms with Gasteiger partial charge in [-0.1, -0.05) is 6.08 Å². The van der Waals surface area contributed by atoms with E-state index >= 15 is 0 Å². The van der Waals surface area contributed by atoms with Gasteiger partial charge in [0.25, 0.3) is 11.8 Å². The summed E-state index contributed by atoms with van der Waals surface area (Å²) < 4.78 is 7.70. The predicted octanol–water partition coefficient (Wildman–Crippen LogP) is 1.53. The van der Waals surface area contributed by atoms with Crippen molar-refractivity contribution in [2.45, 2.75) is 19.4 Å². The molecule has 1 unspecified atom stereocenters. The van der Waals surface area contributed by atoms with Crippen molar-refractivity contribution in [3.05, 3.63) is 35.1 Å². The van der Waals surface area contributed by atoms with E-state index < -0.39 is 17.9 Å². The Kier molecular flexibility index (Phi) is 6.47. The van der Waals surface area contributed by atoms with Gasteiger partial charge in [0.05, 0.1) is 6.61 Å². The van der Waals surface area contributed by atoms with Crippen LogP contribution in [0.4, 0.5) is 0 Å². The number of nitrogens with one attached hydrogen (secondary N) is 2. The first-order valence-electron chi connectivity index (χ1n) is 6.10. The third kappa shape index (κ3) is 4.82. The van der Waals surface area contributed by atoms with Crippen LogP contribution in [-0.4, -0.2) is 29.1 Å². The summed E-state index contributed by atoms with van der Waals surface area (Å²) in [7, 11) is 1.74. The van der Waals surface area contributed by atoms with E-state index in [9.17, 15) is 9.59 Å². The van der Waals surface area contributed by atoms with E-state index in [1.165, 1.54) is 0 Å². The number of aromatic nitrogens is 1. The highest BCUT2D eigenvalue weighted by Gasteiger charge is 2.15. The number of amides is 2. The number of nitrogens with zero attached hydrogens (tertiary/aromatic N) is 1. The van der Waals surface area contributed by atoms with Crippen molar-refractivity contribution in [3.8, 4) is 0 Å². The van der Waals surface area contributed by atoms with Gasteiger partial charge < -0.3 is 9.30 Å². The maximum absolute atomic E-state index is 11.8. The van der Waals surface area contributed by atoms with Crippen LogP contribution in [-0.2, 0) is 16.6 Å². The Bertz CT molecular complexity index is 499. The summed E-state index contributed by atoms with van der Waals surface area (Å²) in [6, 6.07) is 1.66. The van der Waals surface area contributed by atoms with Gasteiger partial charge in [0.2, 0.25) is 0 Å². The van der Waals surface area contributed by atoms with Crippen LogP contribution in [0.15, 0.2) is 29.4 Å². The fourth-order valence-electron chi connectivity index (χ4n) is 1.44. The molecule has 110 valence electrons. The first-order chi connectivity index (χ1) is 9.45. The monoisotopic (exact) mass is 343 g/mol. The first kappa shape index (κ1) is 16.5. The summed E-state index contributed by atoms with van der Waals surface area (Å²) in [5.74, 6) is -0.805. The number of rotatable bonds is 6. The SMILES string of the molecule is C=CCCOC(C)C(=O)NNC(=O)c1cc(Br)cn1C. The van der Waals surface area contributed by atoms with Crippen molar-refractivity contribution in [2.75, 3.05) is 6.61 Å². The lowest BCUT2D eigenvalue weighted by molar-refractivity contribution is -0.132. The van der Waals surface area contributed by atoms with Gasteiger partial charge in [-0.3, -0.25) is 20.4 Å². The van der Waals surface area contributed by atoms with Crippen LogP contribution in [0.5, 0.6) is 0 Å². The fraction of sp³-hybridized carbons (Fsp3) is 0.385. The number of hydrogen-bond donors (Lipinski definition) is 2. The molecule has 2 N–H and O–H groups in total. The van der Waals surface area contributed by atoms with Gasteiger partial charge >= 0.3 is 0 Å². The molecule has 1 atom stereocenters. The average Bonchev–Trinajstić information content (AvgIpc) is 2.74. The Morgan fingerprint density at radius 3 is 2.80 bits per heavy atom. The topological polar surface area (TPSA) is 72.4 Å². The highest BCUT2D eigenvalue weighted by atomic mass is 79.9. The number of hydrogen-bond acceptors (Lipinski definition) is 3. The smallest absolute Gasteiger partial charge is 0.286 e. The van der Waals surface area contributed by atoms with E-state index in [-0.39, 0.29) is 0 Å². The number of ether oxygens (including phenoxy) is 1. The Morgan fingerprint density at radius 2 is 2.25 bits per heavy atom. The van der Waals surface area contributed by atoms with Gasteiger partial charge in [-0.2, -0.15) is 0 Å². The summed E-state index contributed by atoms with van der Waals surface area (Å²) >= 11 is 3.27. The summed E-state index contributed by atoms with van der Waals surface area (Å²) in [5.41, 5.74) is 5.10. The second-order valence-corrected chi connectivity index (χ2v) is 5.10. The summed E-state index contributed by atoms with van der Waals surface area (Å²) in [6.45, 7) is 5.59. The molecule has 7 heteroatoms. The van der Waals surface area contributed by atoms with Crippen molar-refractivity contribution < 1.29 is 14.3 Å². The molecule has 0 aliphatic carbocycles. The van der Waals surface area contributed by atoms with E-state index in [4.69, 9.17) is 4.74 Å². The van der Waals surface area contributed by atoms with Crippen molar-refractivity contribution >= 4 is 27.7 Å². The number of hydrazine groups is 1. The second kappa shape index (κ2) is 7.86. The van der Waals surface area contributed by atoms with Crippen molar-refractivity contribution in [1.29, 1.82) is 0 Å².